The van der Waals surface area contributed by atoms with Crippen LogP contribution in [0.15, 0.2) is 12.4 Å². The number of ether oxygens (including phenoxy) is 1. The van der Waals surface area contributed by atoms with Crippen LogP contribution >= 0.6 is 0 Å². The normalized spacial score (nSPS) is 21.0. The minimum absolute atomic E-state index is 0.160. The first-order valence-corrected chi connectivity index (χ1v) is 4.40. The Balaban J connectivity index is 2.16. The molecule has 0 aromatic carbocycles. The van der Waals surface area contributed by atoms with Gasteiger partial charge in [-0.3, -0.25) is 0 Å². The first-order valence-electron chi connectivity index (χ1n) is 4.40. The topological polar surface area (TPSA) is 72.3 Å². The Kier molecular flexibility index (Phi) is 2.41. The molecule has 1 fully saturated rings. The van der Waals surface area contributed by atoms with Crippen molar-refractivity contribution in [1.29, 1.82) is 0 Å². The van der Waals surface area contributed by atoms with Gasteiger partial charge in [-0.1, -0.05) is 0 Å². The summed E-state index contributed by atoms with van der Waals surface area (Å²) in [6.45, 7) is 1.43. The molecule has 2 heterocycles. The molecule has 1 N–H and O–H groups in total. The molecular formula is C9H10N2O3. The molecule has 1 unspecified atom stereocenters. The van der Waals surface area contributed by atoms with E-state index in [1.165, 1.54) is 0 Å². The fourth-order valence-corrected chi connectivity index (χ4v) is 1.46. The molecule has 1 aromatic rings. The summed E-state index contributed by atoms with van der Waals surface area (Å²) < 4.78 is 5.22. The van der Waals surface area contributed by atoms with Gasteiger partial charge in [-0.25, -0.2) is 14.8 Å². The SMILES string of the molecule is O=C(O)c1ncc(C2CCOC2)cn1. The maximum Gasteiger partial charge on any atom is 0.373 e. The van der Waals surface area contributed by atoms with E-state index in [1.807, 2.05) is 0 Å². The number of carboxylic acids is 1. The van der Waals surface area contributed by atoms with Crippen LogP contribution in [0.4, 0.5) is 0 Å². The Morgan fingerprint density at radius 3 is 2.71 bits per heavy atom. The van der Waals surface area contributed by atoms with Crippen molar-refractivity contribution >= 4 is 5.97 Å². The summed E-state index contributed by atoms with van der Waals surface area (Å²) in [6.07, 6.45) is 4.08. The predicted octanol–water partition coefficient (Wildman–Crippen LogP) is 0.679. The number of aromatic carboxylic acids is 1. The van der Waals surface area contributed by atoms with E-state index in [0.29, 0.717) is 12.5 Å². The Morgan fingerprint density at radius 2 is 2.21 bits per heavy atom. The van der Waals surface area contributed by atoms with Gasteiger partial charge >= 0.3 is 5.97 Å². The van der Waals surface area contributed by atoms with Gasteiger partial charge in [0, 0.05) is 24.9 Å². The molecular weight excluding hydrogens is 184 g/mol. The molecule has 0 amide bonds. The van der Waals surface area contributed by atoms with Gasteiger partial charge in [-0.2, -0.15) is 0 Å². The van der Waals surface area contributed by atoms with Crippen LogP contribution in [0.25, 0.3) is 0 Å². The van der Waals surface area contributed by atoms with Gasteiger partial charge in [0.15, 0.2) is 0 Å². The highest BCUT2D eigenvalue weighted by Crippen LogP contribution is 2.23. The van der Waals surface area contributed by atoms with E-state index in [2.05, 4.69) is 9.97 Å². The molecule has 74 valence electrons. The van der Waals surface area contributed by atoms with Crippen LogP contribution in [0.3, 0.4) is 0 Å². The van der Waals surface area contributed by atoms with E-state index >= 15 is 0 Å². The molecule has 1 atom stereocenters. The first kappa shape index (κ1) is 9.08. The fraction of sp³-hybridized carbons (Fsp3) is 0.444. The monoisotopic (exact) mass is 194 g/mol. The highest BCUT2D eigenvalue weighted by Gasteiger charge is 2.18. The fourth-order valence-electron chi connectivity index (χ4n) is 1.46. The zero-order valence-corrected chi connectivity index (χ0v) is 7.51. The quantitative estimate of drug-likeness (QED) is 0.749. The van der Waals surface area contributed by atoms with E-state index < -0.39 is 5.97 Å². The van der Waals surface area contributed by atoms with Crippen molar-refractivity contribution in [1.82, 2.24) is 9.97 Å². The van der Waals surface area contributed by atoms with Gasteiger partial charge < -0.3 is 9.84 Å². The molecule has 1 aliphatic rings. The number of aromatic nitrogens is 2. The zero-order valence-electron chi connectivity index (χ0n) is 7.51. The lowest BCUT2D eigenvalue weighted by Crippen LogP contribution is -2.06. The van der Waals surface area contributed by atoms with E-state index in [-0.39, 0.29) is 5.82 Å². The molecule has 2 rings (SSSR count). The van der Waals surface area contributed by atoms with Crippen molar-refractivity contribution in [2.24, 2.45) is 0 Å². The average molecular weight is 194 g/mol. The summed E-state index contributed by atoms with van der Waals surface area (Å²) in [5.41, 5.74) is 0.951. The van der Waals surface area contributed by atoms with E-state index in [0.717, 1.165) is 18.6 Å². The third kappa shape index (κ3) is 1.72. The summed E-state index contributed by atoms with van der Waals surface area (Å²) in [7, 11) is 0. The zero-order chi connectivity index (χ0) is 9.97. The van der Waals surface area contributed by atoms with Crippen molar-refractivity contribution in [2.75, 3.05) is 13.2 Å². The van der Waals surface area contributed by atoms with E-state index in [1.54, 1.807) is 12.4 Å². The van der Waals surface area contributed by atoms with Crippen molar-refractivity contribution in [3.63, 3.8) is 0 Å². The van der Waals surface area contributed by atoms with Crippen LogP contribution in [0.1, 0.15) is 28.5 Å². The largest absolute Gasteiger partial charge is 0.475 e. The first-order chi connectivity index (χ1) is 6.77. The van der Waals surface area contributed by atoms with Crippen LogP contribution < -0.4 is 0 Å². The Labute approximate surface area is 80.8 Å². The summed E-state index contributed by atoms with van der Waals surface area (Å²) in [6, 6.07) is 0. The second kappa shape index (κ2) is 3.71. The van der Waals surface area contributed by atoms with Gasteiger partial charge in [0.25, 0.3) is 0 Å². The lowest BCUT2D eigenvalue weighted by Gasteiger charge is -2.05. The maximum absolute atomic E-state index is 10.5. The molecule has 5 nitrogen and oxygen atoms in total. The van der Waals surface area contributed by atoms with Crippen molar-refractivity contribution < 1.29 is 14.6 Å². The lowest BCUT2D eigenvalue weighted by atomic mass is 10.0. The van der Waals surface area contributed by atoms with Crippen molar-refractivity contribution in [3.8, 4) is 0 Å². The van der Waals surface area contributed by atoms with Crippen LogP contribution in [-0.2, 0) is 4.74 Å². The minimum Gasteiger partial charge on any atom is -0.475 e. The molecule has 0 saturated carbocycles. The van der Waals surface area contributed by atoms with Gasteiger partial charge in [0.05, 0.1) is 6.61 Å². The molecule has 14 heavy (non-hydrogen) atoms. The third-order valence-corrected chi connectivity index (χ3v) is 2.26. The van der Waals surface area contributed by atoms with Crippen molar-refractivity contribution in [2.45, 2.75) is 12.3 Å². The van der Waals surface area contributed by atoms with Crippen LogP contribution in [-0.4, -0.2) is 34.3 Å². The Morgan fingerprint density at radius 1 is 1.50 bits per heavy atom. The molecule has 1 aromatic heterocycles. The summed E-state index contributed by atoms with van der Waals surface area (Å²) >= 11 is 0. The van der Waals surface area contributed by atoms with E-state index in [9.17, 15) is 4.79 Å². The lowest BCUT2D eigenvalue weighted by molar-refractivity contribution is 0.0683. The second-order valence-electron chi connectivity index (χ2n) is 3.21. The second-order valence-corrected chi connectivity index (χ2v) is 3.21. The molecule has 0 radical (unpaired) electrons. The summed E-state index contributed by atoms with van der Waals surface area (Å²) in [5.74, 6) is -0.940. The standard InChI is InChI=1S/C9H10N2O3/c12-9(13)8-10-3-7(4-11-8)6-1-2-14-5-6/h3-4,6H,1-2,5H2,(H,12,13). The number of rotatable bonds is 2. The van der Waals surface area contributed by atoms with Gasteiger partial charge in [-0.15, -0.1) is 0 Å². The number of hydrogen-bond acceptors (Lipinski definition) is 4. The summed E-state index contributed by atoms with van der Waals surface area (Å²) in [4.78, 5) is 18.0. The number of nitrogens with zero attached hydrogens (tertiary/aromatic N) is 2. The number of carboxylic acid groups (broad SMARTS) is 1. The van der Waals surface area contributed by atoms with Gasteiger partial charge in [-0.05, 0) is 12.0 Å². The van der Waals surface area contributed by atoms with Crippen LogP contribution in [0.5, 0.6) is 0 Å². The molecule has 0 bridgehead atoms. The highest BCUT2D eigenvalue weighted by molar-refractivity contribution is 5.82. The molecule has 0 aliphatic carbocycles. The van der Waals surface area contributed by atoms with Crippen LogP contribution in [0, 0.1) is 0 Å². The van der Waals surface area contributed by atoms with Crippen LogP contribution in [0.2, 0.25) is 0 Å². The van der Waals surface area contributed by atoms with Gasteiger partial charge in [0.2, 0.25) is 5.82 Å². The number of carbonyl (C=O) groups is 1. The molecule has 1 saturated heterocycles. The smallest absolute Gasteiger partial charge is 0.373 e. The highest BCUT2D eigenvalue weighted by atomic mass is 16.5. The molecule has 1 aliphatic heterocycles. The number of hydrogen-bond donors (Lipinski definition) is 1. The van der Waals surface area contributed by atoms with Gasteiger partial charge in [0.1, 0.15) is 0 Å². The predicted molar refractivity (Wildman–Crippen MR) is 47.2 cm³/mol. The maximum atomic E-state index is 10.5. The van der Waals surface area contributed by atoms with Crippen molar-refractivity contribution in [3.05, 3.63) is 23.8 Å². The molecule has 5 heteroatoms. The minimum atomic E-state index is -1.10. The summed E-state index contributed by atoms with van der Waals surface area (Å²) in [5, 5.41) is 8.59. The molecule has 0 spiro atoms. The average Bonchev–Trinajstić information content (AvgIpc) is 2.71. The Bertz CT molecular complexity index is 330. The van der Waals surface area contributed by atoms with E-state index in [4.69, 9.17) is 9.84 Å². The third-order valence-electron chi connectivity index (χ3n) is 2.26. The Hall–Kier alpha value is -1.49.